The molecular weight excluding hydrogens is 194 g/mol. The molecule has 0 amide bonds. The molecule has 4 nitrogen and oxygen atoms in total. The highest BCUT2D eigenvalue weighted by Gasteiger charge is 2.08. The van der Waals surface area contributed by atoms with Crippen molar-refractivity contribution in [2.24, 2.45) is 5.92 Å². The predicted octanol–water partition coefficient (Wildman–Crippen LogP) is 1.74. The van der Waals surface area contributed by atoms with Crippen LogP contribution in [-0.4, -0.2) is 22.7 Å². The number of rotatable bonds is 5. The Morgan fingerprint density at radius 2 is 2.33 bits per heavy atom. The van der Waals surface area contributed by atoms with Gasteiger partial charge in [0, 0.05) is 18.0 Å². The van der Waals surface area contributed by atoms with Crippen LogP contribution in [0.2, 0.25) is 0 Å². The first kappa shape index (κ1) is 11.5. The van der Waals surface area contributed by atoms with Gasteiger partial charge in [-0.15, -0.1) is 0 Å². The van der Waals surface area contributed by atoms with Gasteiger partial charge < -0.3 is 9.84 Å². The van der Waals surface area contributed by atoms with E-state index in [2.05, 4.69) is 4.98 Å². The first-order chi connectivity index (χ1) is 7.09. The van der Waals surface area contributed by atoms with E-state index in [9.17, 15) is 4.79 Å². The molecule has 15 heavy (non-hydrogen) atoms. The zero-order chi connectivity index (χ0) is 11.3. The molecule has 0 atom stereocenters. The van der Waals surface area contributed by atoms with Crippen LogP contribution in [0, 0.1) is 5.92 Å². The number of carboxylic acids is 1. The number of carboxylic acid groups (broad SMARTS) is 1. The topological polar surface area (TPSA) is 59.4 Å². The maximum Gasteiger partial charge on any atom is 0.308 e. The highest BCUT2D eigenvalue weighted by atomic mass is 16.5. The van der Waals surface area contributed by atoms with Crippen LogP contribution < -0.4 is 4.74 Å². The Labute approximate surface area is 88.9 Å². The van der Waals surface area contributed by atoms with E-state index in [-0.39, 0.29) is 6.42 Å². The molecule has 0 fully saturated rings. The number of hydrogen-bond donors (Lipinski definition) is 1. The van der Waals surface area contributed by atoms with Crippen molar-refractivity contribution in [3.05, 3.63) is 24.0 Å². The predicted molar refractivity (Wildman–Crippen MR) is 55.9 cm³/mol. The van der Waals surface area contributed by atoms with Crippen molar-refractivity contribution in [2.75, 3.05) is 6.61 Å². The Kier molecular flexibility index (Phi) is 4.09. The first-order valence-electron chi connectivity index (χ1n) is 4.87. The van der Waals surface area contributed by atoms with Gasteiger partial charge in [0.15, 0.2) is 0 Å². The van der Waals surface area contributed by atoms with Crippen molar-refractivity contribution in [3.63, 3.8) is 0 Å². The van der Waals surface area contributed by atoms with E-state index in [0.29, 0.717) is 23.8 Å². The standard InChI is InChI=1S/C11H15NO3/c1-8(2)7-15-10-3-4-12-6-9(10)5-11(13)14/h3-4,6,8H,5,7H2,1-2H3,(H,13,14). The molecule has 0 unspecified atom stereocenters. The fraction of sp³-hybridized carbons (Fsp3) is 0.455. The number of carbonyl (C=O) groups is 1. The van der Waals surface area contributed by atoms with Crippen molar-refractivity contribution >= 4 is 5.97 Å². The molecule has 82 valence electrons. The van der Waals surface area contributed by atoms with E-state index in [0.717, 1.165) is 0 Å². The summed E-state index contributed by atoms with van der Waals surface area (Å²) in [4.78, 5) is 14.5. The van der Waals surface area contributed by atoms with Crippen LogP contribution in [0.25, 0.3) is 0 Å². The van der Waals surface area contributed by atoms with Gasteiger partial charge in [0.2, 0.25) is 0 Å². The summed E-state index contributed by atoms with van der Waals surface area (Å²) in [7, 11) is 0. The van der Waals surface area contributed by atoms with Gasteiger partial charge in [-0.25, -0.2) is 0 Å². The Hall–Kier alpha value is -1.58. The SMILES string of the molecule is CC(C)COc1ccncc1CC(=O)O. The molecule has 1 heterocycles. The van der Waals surface area contributed by atoms with Crippen molar-refractivity contribution in [2.45, 2.75) is 20.3 Å². The zero-order valence-electron chi connectivity index (χ0n) is 8.93. The second-order valence-corrected chi connectivity index (χ2v) is 3.76. The van der Waals surface area contributed by atoms with E-state index >= 15 is 0 Å². The number of aromatic nitrogens is 1. The van der Waals surface area contributed by atoms with Crippen LogP contribution >= 0.6 is 0 Å². The molecular formula is C11H15NO3. The largest absolute Gasteiger partial charge is 0.493 e. The molecule has 4 heteroatoms. The minimum Gasteiger partial charge on any atom is -0.493 e. The second kappa shape index (κ2) is 5.34. The minimum absolute atomic E-state index is 0.0543. The molecule has 0 saturated heterocycles. The quantitative estimate of drug-likeness (QED) is 0.802. The monoisotopic (exact) mass is 209 g/mol. The third-order valence-electron chi connectivity index (χ3n) is 1.77. The lowest BCUT2D eigenvalue weighted by Gasteiger charge is -2.11. The van der Waals surface area contributed by atoms with E-state index in [4.69, 9.17) is 9.84 Å². The summed E-state index contributed by atoms with van der Waals surface area (Å²) in [6.45, 7) is 4.66. The Morgan fingerprint density at radius 1 is 1.60 bits per heavy atom. The van der Waals surface area contributed by atoms with E-state index in [1.165, 1.54) is 6.20 Å². The molecule has 0 saturated carbocycles. The van der Waals surface area contributed by atoms with Gasteiger partial charge >= 0.3 is 5.97 Å². The summed E-state index contributed by atoms with van der Waals surface area (Å²) in [5.74, 6) is 0.148. The van der Waals surface area contributed by atoms with Crippen LogP contribution in [0.15, 0.2) is 18.5 Å². The smallest absolute Gasteiger partial charge is 0.308 e. The molecule has 0 bridgehead atoms. The highest BCUT2D eigenvalue weighted by molar-refractivity contribution is 5.71. The molecule has 1 rings (SSSR count). The number of aliphatic carboxylic acids is 1. The number of ether oxygens (including phenoxy) is 1. The van der Waals surface area contributed by atoms with E-state index in [1.807, 2.05) is 13.8 Å². The Bertz CT molecular complexity index is 336. The molecule has 0 aliphatic rings. The average Bonchev–Trinajstić information content (AvgIpc) is 2.15. The number of hydrogen-bond acceptors (Lipinski definition) is 3. The molecule has 1 aromatic rings. The summed E-state index contributed by atoms with van der Waals surface area (Å²) in [5.41, 5.74) is 0.616. The minimum atomic E-state index is -0.877. The van der Waals surface area contributed by atoms with Crippen LogP contribution in [0.3, 0.4) is 0 Å². The van der Waals surface area contributed by atoms with Crippen molar-refractivity contribution in [3.8, 4) is 5.75 Å². The zero-order valence-corrected chi connectivity index (χ0v) is 8.93. The van der Waals surface area contributed by atoms with Crippen LogP contribution in [-0.2, 0) is 11.2 Å². The molecule has 0 aliphatic carbocycles. The van der Waals surface area contributed by atoms with Gasteiger partial charge in [0.1, 0.15) is 5.75 Å². The van der Waals surface area contributed by atoms with Gasteiger partial charge in [-0.2, -0.15) is 0 Å². The third-order valence-corrected chi connectivity index (χ3v) is 1.77. The van der Waals surface area contributed by atoms with Crippen molar-refractivity contribution < 1.29 is 14.6 Å². The molecule has 1 N–H and O–H groups in total. The van der Waals surface area contributed by atoms with Crippen molar-refractivity contribution in [1.82, 2.24) is 4.98 Å². The summed E-state index contributed by atoms with van der Waals surface area (Å²) >= 11 is 0. The molecule has 0 aliphatic heterocycles. The number of pyridine rings is 1. The first-order valence-corrected chi connectivity index (χ1v) is 4.87. The molecule has 0 spiro atoms. The Morgan fingerprint density at radius 3 is 2.93 bits per heavy atom. The van der Waals surface area contributed by atoms with Gasteiger partial charge in [-0.3, -0.25) is 9.78 Å². The molecule has 1 aromatic heterocycles. The lowest BCUT2D eigenvalue weighted by molar-refractivity contribution is -0.136. The normalized spacial score (nSPS) is 10.3. The van der Waals surface area contributed by atoms with Gasteiger partial charge in [-0.05, 0) is 12.0 Å². The lowest BCUT2D eigenvalue weighted by atomic mass is 10.2. The third kappa shape index (κ3) is 3.97. The summed E-state index contributed by atoms with van der Waals surface area (Å²) in [5, 5.41) is 8.69. The van der Waals surface area contributed by atoms with Crippen LogP contribution in [0.1, 0.15) is 19.4 Å². The maximum absolute atomic E-state index is 10.6. The fourth-order valence-corrected chi connectivity index (χ4v) is 1.11. The van der Waals surface area contributed by atoms with Crippen LogP contribution in [0.5, 0.6) is 5.75 Å². The maximum atomic E-state index is 10.6. The van der Waals surface area contributed by atoms with E-state index in [1.54, 1.807) is 12.3 Å². The Balaban J connectivity index is 2.72. The highest BCUT2D eigenvalue weighted by Crippen LogP contribution is 2.17. The molecule has 0 aromatic carbocycles. The second-order valence-electron chi connectivity index (χ2n) is 3.76. The fourth-order valence-electron chi connectivity index (χ4n) is 1.11. The van der Waals surface area contributed by atoms with Gasteiger partial charge in [-0.1, -0.05) is 13.8 Å². The van der Waals surface area contributed by atoms with Gasteiger partial charge in [0.25, 0.3) is 0 Å². The molecule has 0 radical (unpaired) electrons. The summed E-state index contributed by atoms with van der Waals surface area (Å²) in [6, 6.07) is 1.70. The number of nitrogens with zero attached hydrogens (tertiary/aromatic N) is 1. The van der Waals surface area contributed by atoms with Gasteiger partial charge in [0.05, 0.1) is 13.0 Å². The van der Waals surface area contributed by atoms with Crippen molar-refractivity contribution in [1.29, 1.82) is 0 Å². The summed E-state index contributed by atoms with van der Waals surface area (Å²) in [6.07, 6.45) is 3.08. The van der Waals surface area contributed by atoms with Crippen LogP contribution in [0.4, 0.5) is 0 Å². The van der Waals surface area contributed by atoms with E-state index < -0.39 is 5.97 Å². The lowest BCUT2D eigenvalue weighted by Crippen LogP contribution is -2.08. The average molecular weight is 209 g/mol. The summed E-state index contributed by atoms with van der Waals surface area (Å²) < 4.78 is 5.50.